The molecule has 1 fully saturated rings. The van der Waals surface area contributed by atoms with Crippen LogP contribution in [0.2, 0.25) is 0 Å². The highest BCUT2D eigenvalue weighted by atomic mass is 19.1. The largest absolute Gasteiger partial charge is 0.371 e. The Hall–Kier alpha value is -1.84. The van der Waals surface area contributed by atoms with Gasteiger partial charge in [-0.2, -0.15) is 5.10 Å². The van der Waals surface area contributed by atoms with Gasteiger partial charge in [0.05, 0.1) is 5.69 Å². The average molecular weight is 259 g/mol. The summed E-state index contributed by atoms with van der Waals surface area (Å²) < 4.78 is 16.0. The third-order valence-electron chi connectivity index (χ3n) is 3.64. The summed E-state index contributed by atoms with van der Waals surface area (Å²) in [5.74, 6) is -0.212. The fraction of sp³-hybridized carbons (Fsp3) is 0.400. The molecular formula is C15H18FN3. The van der Waals surface area contributed by atoms with E-state index in [1.54, 1.807) is 10.7 Å². The van der Waals surface area contributed by atoms with Gasteiger partial charge in [0.1, 0.15) is 5.69 Å². The third-order valence-corrected chi connectivity index (χ3v) is 3.64. The van der Waals surface area contributed by atoms with Crippen molar-refractivity contribution in [2.75, 3.05) is 18.0 Å². The van der Waals surface area contributed by atoms with Gasteiger partial charge in [0, 0.05) is 24.5 Å². The molecule has 2 heterocycles. The van der Waals surface area contributed by atoms with Gasteiger partial charge < -0.3 is 4.90 Å². The van der Waals surface area contributed by atoms with Crippen molar-refractivity contribution in [1.82, 2.24) is 9.78 Å². The molecule has 0 unspecified atom stereocenters. The maximum atomic E-state index is 14.3. The first-order chi connectivity index (χ1) is 9.15. The zero-order chi connectivity index (χ0) is 13.4. The van der Waals surface area contributed by atoms with Crippen molar-refractivity contribution in [3.63, 3.8) is 0 Å². The first-order valence-electron chi connectivity index (χ1n) is 6.73. The fourth-order valence-electron chi connectivity index (χ4n) is 2.71. The first kappa shape index (κ1) is 12.2. The number of aromatic nitrogens is 2. The van der Waals surface area contributed by atoms with Gasteiger partial charge in [0.2, 0.25) is 0 Å². The number of benzene rings is 1. The molecule has 0 N–H and O–H groups in total. The molecule has 1 aromatic heterocycles. The monoisotopic (exact) mass is 259 g/mol. The second-order valence-corrected chi connectivity index (χ2v) is 5.17. The summed E-state index contributed by atoms with van der Waals surface area (Å²) in [5, 5.41) is 4.33. The molecular weight excluding hydrogens is 241 g/mol. The van der Waals surface area contributed by atoms with E-state index in [0.29, 0.717) is 5.69 Å². The Balaban J connectivity index is 1.97. The van der Waals surface area contributed by atoms with Crippen LogP contribution in [0, 0.1) is 19.7 Å². The maximum absolute atomic E-state index is 14.3. The topological polar surface area (TPSA) is 21.1 Å². The van der Waals surface area contributed by atoms with Crippen LogP contribution in [-0.2, 0) is 0 Å². The van der Waals surface area contributed by atoms with Gasteiger partial charge in [0.15, 0.2) is 5.82 Å². The van der Waals surface area contributed by atoms with E-state index in [-0.39, 0.29) is 5.82 Å². The molecule has 3 nitrogen and oxygen atoms in total. The molecule has 0 atom stereocenters. The molecule has 0 bridgehead atoms. The molecule has 0 radical (unpaired) electrons. The van der Waals surface area contributed by atoms with Crippen molar-refractivity contribution >= 4 is 5.69 Å². The molecule has 1 aliphatic heterocycles. The Bertz CT molecular complexity index is 597. The minimum Gasteiger partial charge on any atom is -0.371 e. The predicted octanol–water partition coefficient (Wildman–Crippen LogP) is 3.23. The van der Waals surface area contributed by atoms with Crippen molar-refractivity contribution in [3.05, 3.63) is 41.5 Å². The van der Waals surface area contributed by atoms with E-state index < -0.39 is 0 Å². The van der Waals surface area contributed by atoms with Crippen LogP contribution in [0.15, 0.2) is 24.3 Å². The summed E-state index contributed by atoms with van der Waals surface area (Å²) in [6, 6.07) is 7.38. The van der Waals surface area contributed by atoms with Crippen molar-refractivity contribution in [2.24, 2.45) is 0 Å². The summed E-state index contributed by atoms with van der Waals surface area (Å²) in [4.78, 5) is 2.23. The van der Waals surface area contributed by atoms with Gasteiger partial charge in [-0.15, -0.1) is 0 Å². The van der Waals surface area contributed by atoms with Crippen molar-refractivity contribution in [2.45, 2.75) is 26.7 Å². The molecule has 1 saturated heterocycles. The highest BCUT2D eigenvalue weighted by Crippen LogP contribution is 2.25. The lowest BCUT2D eigenvalue weighted by Crippen LogP contribution is -2.18. The van der Waals surface area contributed by atoms with Crippen LogP contribution in [-0.4, -0.2) is 22.9 Å². The molecule has 0 amide bonds. The van der Waals surface area contributed by atoms with Gasteiger partial charge >= 0.3 is 0 Å². The predicted molar refractivity (Wildman–Crippen MR) is 74.4 cm³/mol. The highest BCUT2D eigenvalue weighted by Gasteiger charge is 2.15. The number of aryl methyl sites for hydroxylation is 2. The van der Waals surface area contributed by atoms with Gasteiger partial charge in [-0.3, -0.25) is 0 Å². The molecule has 2 aromatic rings. The quantitative estimate of drug-likeness (QED) is 0.825. The smallest absolute Gasteiger partial charge is 0.150 e. The molecule has 1 aliphatic rings. The Morgan fingerprint density at radius 2 is 1.84 bits per heavy atom. The molecule has 0 spiro atoms. The normalized spacial score (nSPS) is 15.2. The van der Waals surface area contributed by atoms with E-state index >= 15 is 0 Å². The summed E-state index contributed by atoms with van der Waals surface area (Å²) >= 11 is 0. The van der Waals surface area contributed by atoms with Gasteiger partial charge in [-0.25, -0.2) is 9.07 Å². The van der Waals surface area contributed by atoms with E-state index in [1.807, 2.05) is 32.0 Å². The molecule has 0 saturated carbocycles. The van der Waals surface area contributed by atoms with Crippen LogP contribution in [0.25, 0.3) is 5.69 Å². The van der Waals surface area contributed by atoms with E-state index in [2.05, 4.69) is 10.00 Å². The molecule has 0 aliphatic carbocycles. The Morgan fingerprint density at radius 3 is 2.42 bits per heavy atom. The first-order valence-corrected chi connectivity index (χ1v) is 6.73. The van der Waals surface area contributed by atoms with Crippen LogP contribution in [0.4, 0.5) is 10.1 Å². The lowest BCUT2D eigenvalue weighted by atomic mass is 10.2. The van der Waals surface area contributed by atoms with Crippen LogP contribution in [0.1, 0.15) is 24.2 Å². The zero-order valence-corrected chi connectivity index (χ0v) is 11.4. The lowest BCUT2D eigenvalue weighted by Gasteiger charge is -2.18. The number of hydrogen-bond acceptors (Lipinski definition) is 2. The molecule has 19 heavy (non-hydrogen) atoms. The van der Waals surface area contributed by atoms with Gasteiger partial charge in [-0.05, 0) is 51.0 Å². The lowest BCUT2D eigenvalue weighted by molar-refractivity contribution is 0.607. The summed E-state index contributed by atoms with van der Waals surface area (Å²) in [6.45, 7) is 5.91. The van der Waals surface area contributed by atoms with Crippen LogP contribution >= 0.6 is 0 Å². The second kappa shape index (κ2) is 4.68. The van der Waals surface area contributed by atoms with E-state index in [1.165, 1.54) is 12.8 Å². The Morgan fingerprint density at radius 1 is 1.11 bits per heavy atom. The second-order valence-electron chi connectivity index (χ2n) is 5.17. The Labute approximate surface area is 112 Å². The number of rotatable bonds is 2. The number of nitrogens with zero attached hydrogens (tertiary/aromatic N) is 3. The molecule has 100 valence electrons. The molecule has 1 aromatic carbocycles. The minimum atomic E-state index is -0.212. The SMILES string of the molecule is Cc1cc(C)n(-c2ccc(N3CCCC3)cc2F)n1. The van der Waals surface area contributed by atoms with Crippen molar-refractivity contribution < 1.29 is 4.39 Å². The van der Waals surface area contributed by atoms with Gasteiger partial charge in [0.25, 0.3) is 0 Å². The third kappa shape index (κ3) is 2.23. The number of halogens is 1. The number of anilines is 1. The zero-order valence-electron chi connectivity index (χ0n) is 11.4. The standard InChI is InChI=1S/C15H18FN3/c1-11-9-12(2)19(17-11)15-6-5-13(10-14(15)16)18-7-3-4-8-18/h5-6,9-10H,3-4,7-8H2,1-2H3. The Kier molecular flexibility index (Phi) is 3.01. The fourth-order valence-corrected chi connectivity index (χ4v) is 2.71. The van der Waals surface area contributed by atoms with Crippen LogP contribution in [0.3, 0.4) is 0 Å². The van der Waals surface area contributed by atoms with Crippen LogP contribution < -0.4 is 4.90 Å². The van der Waals surface area contributed by atoms with Gasteiger partial charge in [-0.1, -0.05) is 0 Å². The average Bonchev–Trinajstić information content (AvgIpc) is 2.99. The van der Waals surface area contributed by atoms with E-state index in [4.69, 9.17) is 0 Å². The van der Waals surface area contributed by atoms with Crippen molar-refractivity contribution in [3.8, 4) is 5.69 Å². The maximum Gasteiger partial charge on any atom is 0.150 e. The highest BCUT2D eigenvalue weighted by molar-refractivity contribution is 5.52. The number of hydrogen-bond donors (Lipinski definition) is 0. The van der Waals surface area contributed by atoms with E-state index in [0.717, 1.165) is 30.2 Å². The molecule has 4 heteroatoms. The minimum absolute atomic E-state index is 0.212. The summed E-state index contributed by atoms with van der Waals surface area (Å²) in [7, 11) is 0. The van der Waals surface area contributed by atoms with Crippen LogP contribution in [0.5, 0.6) is 0 Å². The summed E-state index contributed by atoms with van der Waals surface area (Å²) in [5.41, 5.74) is 3.35. The van der Waals surface area contributed by atoms with Crippen molar-refractivity contribution in [1.29, 1.82) is 0 Å². The summed E-state index contributed by atoms with van der Waals surface area (Å²) in [6.07, 6.45) is 2.39. The van der Waals surface area contributed by atoms with E-state index in [9.17, 15) is 4.39 Å². The molecule has 3 rings (SSSR count).